The first kappa shape index (κ1) is 83.4. The molecule has 0 bridgehead atoms. The Labute approximate surface area is 543 Å². The molecule has 88 heavy (non-hydrogen) atoms. The summed E-state index contributed by atoms with van der Waals surface area (Å²) in [6.07, 6.45) is -3.96. The minimum atomic E-state index is -1.51. The predicted octanol–water partition coefficient (Wildman–Crippen LogP) is 7.75. The van der Waals surface area contributed by atoms with Gasteiger partial charge in [0.2, 0.25) is 11.2 Å². The number of hydrogen-bond donors (Lipinski definition) is 0. The highest BCUT2D eigenvalue weighted by atomic mass is 32.2. The Morgan fingerprint density at radius 3 is 1.28 bits per heavy atom. The summed E-state index contributed by atoms with van der Waals surface area (Å²) in [5.74, 6) is 3.16. The van der Waals surface area contributed by atoms with Gasteiger partial charge in [-0.3, -0.25) is 14.4 Å². The molecule has 0 aromatic heterocycles. The lowest BCUT2D eigenvalue weighted by molar-refractivity contribution is -0.793. The molecule has 492 valence electrons. The van der Waals surface area contributed by atoms with Crippen LogP contribution in [-0.4, -0.2) is 168 Å². The first-order valence-corrected chi connectivity index (χ1v) is 30.3. The normalized spacial score (nSPS) is 17.8. The van der Waals surface area contributed by atoms with E-state index in [1.54, 1.807) is 44.3 Å². The number of carbonyl (C=O) groups is 2. The van der Waals surface area contributed by atoms with Crippen LogP contribution in [-0.2, 0) is 53.1 Å². The number of Topliss-reactive ketones (excluding diaryl/α,β-unsaturated/α-hetero) is 1. The summed E-state index contributed by atoms with van der Waals surface area (Å²) in [6.45, 7) is 8.05. The van der Waals surface area contributed by atoms with Crippen LogP contribution in [0.1, 0.15) is 62.3 Å². The lowest BCUT2D eigenvalue weighted by atomic mass is 10.1. The van der Waals surface area contributed by atoms with Gasteiger partial charge in [-0.05, 0) is 65.4 Å². The van der Waals surface area contributed by atoms with E-state index in [1.165, 1.54) is 35.3 Å². The summed E-state index contributed by atoms with van der Waals surface area (Å²) < 4.78 is 0. The number of ketones is 1. The molecule has 1 saturated heterocycles. The van der Waals surface area contributed by atoms with Crippen molar-refractivity contribution in [3.63, 3.8) is 0 Å². The zero-order chi connectivity index (χ0) is 65.5. The molecule has 0 radical (unpaired) electrons. The van der Waals surface area contributed by atoms with Gasteiger partial charge < -0.3 is 38.7 Å². The molecule has 0 aromatic carbocycles. The lowest BCUT2D eigenvalue weighted by Crippen LogP contribution is -2.35. The van der Waals surface area contributed by atoms with E-state index in [1.807, 2.05) is 13.8 Å². The number of thiocarbonyl (C=S) groups is 4. The van der Waals surface area contributed by atoms with Crippen LogP contribution in [0.3, 0.4) is 0 Å². The van der Waals surface area contributed by atoms with E-state index in [9.17, 15) is 101 Å². The molecule has 0 spiro atoms. The van der Waals surface area contributed by atoms with Crippen molar-refractivity contribution < 1.29 is 98.9 Å². The number of rotatable bonds is 27. The molecular weight excluding hydrogens is 1390 g/mol. The van der Waals surface area contributed by atoms with E-state index in [-0.39, 0.29) is 46.2 Å². The van der Waals surface area contributed by atoms with Crippen molar-refractivity contribution in [3.8, 4) is 0 Å². The molecule has 6 heterocycles. The van der Waals surface area contributed by atoms with Gasteiger partial charge >= 0.3 is 0 Å². The number of carbonyl (C=O) groups excluding carboxylic acids is 2. The number of allylic oxidation sites excluding steroid dienone is 5. The average molecular weight is 1440 g/mol. The fourth-order valence-corrected chi connectivity index (χ4v) is 14.0. The number of hydrogen-bond acceptors (Lipinski definition) is 39. The Kier molecular flexibility index (Phi) is 40.8. The minimum Gasteiger partial charge on any atom is -0.314 e. The first-order chi connectivity index (χ1) is 40.2. The topological polar surface area (TPSA) is 505 Å². The van der Waals surface area contributed by atoms with Crippen LogP contribution in [0.4, 0.5) is 0 Å². The van der Waals surface area contributed by atoms with Crippen LogP contribution in [0.5, 0.6) is 0 Å². The van der Waals surface area contributed by atoms with Crippen LogP contribution in [0.2, 0.25) is 0 Å². The van der Waals surface area contributed by atoms with Gasteiger partial charge in [0.05, 0.1) is 5.75 Å². The smallest absolute Gasteiger partial charge is 0.295 e. The lowest BCUT2D eigenvalue weighted by Gasteiger charge is -2.15. The molecule has 0 aliphatic carbocycles. The summed E-state index contributed by atoms with van der Waals surface area (Å²) in [7, 11) is 0. The van der Waals surface area contributed by atoms with Crippen molar-refractivity contribution in [2.24, 2.45) is 0 Å². The summed E-state index contributed by atoms with van der Waals surface area (Å²) in [5, 5.41) is 80.7. The van der Waals surface area contributed by atoms with E-state index in [0.717, 1.165) is 57.6 Å². The van der Waals surface area contributed by atoms with Gasteiger partial charge in [-0.25, -0.2) is 0 Å². The predicted molar refractivity (Wildman–Crippen MR) is 334 cm³/mol. The summed E-state index contributed by atoms with van der Waals surface area (Å²) in [6, 6.07) is 0. The van der Waals surface area contributed by atoms with Crippen molar-refractivity contribution >= 4 is 150 Å². The Morgan fingerprint density at radius 2 is 0.898 bits per heavy atom. The van der Waals surface area contributed by atoms with Crippen molar-refractivity contribution in [2.75, 3.05) is 67.6 Å². The van der Waals surface area contributed by atoms with E-state index in [0.29, 0.717) is 67.6 Å². The number of nitrogens with zero attached hydrogens (tertiary/aromatic N) is 9. The monoisotopic (exact) mass is 1440 g/mol. The summed E-state index contributed by atoms with van der Waals surface area (Å²) >= 11 is 28.1. The second kappa shape index (κ2) is 43.1. The van der Waals surface area contributed by atoms with Gasteiger partial charge in [0.1, 0.15) is 33.0 Å². The molecule has 0 N–H and O–H groups in total. The third-order valence-electron chi connectivity index (χ3n) is 10.3. The van der Waals surface area contributed by atoms with Gasteiger partial charge in [0.15, 0.2) is 24.1 Å². The largest absolute Gasteiger partial charge is 0.314 e. The molecule has 6 aliphatic rings. The highest BCUT2D eigenvalue weighted by Crippen LogP contribution is 2.36. The van der Waals surface area contributed by atoms with Gasteiger partial charge in [-0.2, -0.15) is 0 Å². The Balaban J connectivity index is 0. The Morgan fingerprint density at radius 1 is 0.466 bits per heavy atom. The third-order valence-corrected chi connectivity index (χ3v) is 19.8. The second-order valence-electron chi connectivity index (χ2n) is 15.7. The molecule has 6 rings (SSSR count). The molecule has 0 amide bonds. The van der Waals surface area contributed by atoms with Crippen LogP contribution in [0.15, 0.2) is 52.4 Å². The van der Waals surface area contributed by atoms with Crippen LogP contribution < -0.4 is 0 Å². The maximum absolute atomic E-state index is 11.0. The fraction of sp³-hybridized carbons (Fsp3) is 0.600. The molecule has 4 atom stereocenters. The highest BCUT2D eigenvalue weighted by Gasteiger charge is 2.41. The quantitative estimate of drug-likeness (QED) is 0.0431. The van der Waals surface area contributed by atoms with Gasteiger partial charge in [0.25, 0.3) is 45.8 Å². The average Bonchev–Trinajstić information content (AvgIpc) is 3.45. The first-order valence-electron chi connectivity index (χ1n) is 22.7. The standard InChI is InChI=1S/2C7H8N2O6S2.C7H9NO4S.C7H9NO3S2.C6H7NO3S2.C4H4N2O7S.2CH4/c1-4-7(6(16)3-17-4)5(15-9(12)13)2-14-8(10)11;1-4-6(16)3-17-7(4)5(15-9(12)13)2-14-8(10)11;1-5-6(9)4-13-7(5)2-3-12-8(10)11;1-5-6(12)4-13-7(5)2-3-11-8(9)10;1-4-5(2-10-7(8)9)6(11)3-12-4;7-4-3(13-6(10)11)2(1-14-4)12-5(8)9;;/h2*5H,2-3H2,1H3;2*2-4H2,1H3;2-3H2,1H3;2-3H,1H2;2*1H4. The SMILES string of the molecule is C.C.CC1=C(C(CO[N+](=O)[O-])O[N+](=O)[O-])C(=S)CS1.CC1=C(C(CO[N+](=O)[O-])O[N+](=O)[O-])SCC1=S.CC1=C(CCO[N+](=O)[O-])SCC1=O.CC1=C(CCO[N+](=O)[O-])SCC1=S.CC1=C(CO[N+](=O)[O-])C(=S)CS1.O=C1SCC(O[N+](=O)[O-])C1O[N+](=O)[O-]. The second-order valence-corrected chi connectivity index (χ2v) is 24.2. The van der Waals surface area contributed by atoms with Crippen molar-refractivity contribution in [1.29, 1.82) is 0 Å². The minimum absolute atomic E-state index is 0. The van der Waals surface area contributed by atoms with Crippen molar-refractivity contribution in [3.05, 3.63) is 143 Å². The summed E-state index contributed by atoms with van der Waals surface area (Å²) in [5.41, 5.74) is 3.72. The molecule has 38 nitrogen and oxygen atoms in total. The maximum atomic E-state index is 11.0. The number of thioether (sulfide) groups is 6. The summed E-state index contributed by atoms with van der Waals surface area (Å²) in [4.78, 5) is 157. The van der Waals surface area contributed by atoms with E-state index < -0.39 is 88.5 Å². The molecule has 4 unspecified atom stereocenters. The maximum Gasteiger partial charge on any atom is 0.295 e. The van der Waals surface area contributed by atoms with Crippen LogP contribution >= 0.6 is 119 Å². The molecule has 6 aliphatic heterocycles. The zero-order valence-electron chi connectivity index (χ0n) is 44.4. The van der Waals surface area contributed by atoms with Gasteiger partial charge in [-0.15, -0.1) is 150 Å². The van der Waals surface area contributed by atoms with Crippen LogP contribution in [0, 0.1) is 91.0 Å². The van der Waals surface area contributed by atoms with E-state index in [4.69, 9.17) is 48.9 Å². The molecule has 1 fully saturated rings. The van der Waals surface area contributed by atoms with Crippen LogP contribution in [0.25, 0.3) is 0 Å². The van der Waals surface area contributed by atoms with Crippen molar-refractivity contribution in [2.45, 2.75) is 86.7 Å². The van der Waals surface area contributed by atoms with Gasteiger partial charge in [-0.1, -0.05) is 75.5 Å². The van der Waals surface area contributed by atoms with Crippen molar-refractivity contribution in [1.82, 2.24) is 0 Å². The molecule has 48 heteroatoms. The van der Waals surface area contributed by atoms with E-state index in [2.05, 4.69) is 43.5 Å². The van der Waals surface area contributed by atoms with E-state index >= 15 is 0 Å². The Hall–Kier alpha value is -6.70. The Bertz CT molecular complexity index is 2780. The zero-order valence-corrected chi connectivity index (χ0v) is 52.6. The molecule has 0 aromatic rings. The molecular formula is C40H53N9O29S10. The van der Waals surface area contributed by atoms with Gasteiger partial charge in [0, 0.05) is 82.7 Å². The third kappa shape index (κ3) is 32.5. The molecule has 0 saturated carbocycles. The highest BCUT2D eigenvalue weighted by molar-refractivity contribution is 8.14. The fourth-order valence-electron chi connectivity index (χ4n) is 6.27.